The van der Waals surface area contributed by atoms with Crippen LogP contribution in [0, 0.1) is 0 Å². The molecular weight excluding hydrogens is 344 g/mol. The molecule has 0 saturated carbocycles. The Bertz CT molecular complexity index is 734. The molecule has 0 aliphatic carbocycles. The second-order valence-electron chi connectivity index (χ2n) is 5.26. The van der Waals surface area contributed by atoms with Gasteiger partial charge in [-0.15, -0.1) is 0 Å². The highest BCUT2D eigenvalue weighted by Crippen LogP contribution is 2.24. The van der Waals surface area contributed by atoms with Gasteiger partial charge in [0.05, 0.1) is 18.7 Å². The predicted octanol–water partition coefficient (Wildman–Crippen LogP) is 3.00. The molecule has 0 spiro atoms. The second-order valence-corrected chi connectivity index (χ2v) is 5.70. The molecule has 6 nitrogen and oxygen atoms in total. The minimum atomic E-state index is -0.722. The van der Waals surface area contributed by atoms with E-state index in [1.165, 1.54) is 0 Å². The molecule has 1 unspecified atom stereocenters. The molecule has 2 rings (SSSR count). The molecule has 7 heteroatoms. The lowest BCUT2D eigenvalue weighted by molar-refractivity contribution is -0.122. The van der Waals surface area contributed by atoms with Gasteiger partial charge in [-0.2, -0.15) is 0 Å². The van der Waals surface area contributed by atoms with Crippen LogP contribution in [0.2, 0.25) is 5.02 Å². The van der Waals surface area contributed by atoms with Crippen LogP contribution in [0.5, 0.6) is 11.5 Å². The van der Waals surface area contributed by atoms with Crippen LogP contribution in [0.15, 0.2) is 48.5 Å². The number of ether oxygens (including phenoxy) is 2. The molecule has 0 fully saturated rings. The van der Waals surface area contributed by atoms with E-state index in [1.54, 1.807) is 55.5 Å². The summed E-state index contributed by atoms with van der Waals surface area (Å²) in [5.41, 5.74) is 5.57. The summed E-state index contributed by atoms with van der Waals surface area (Å²) in [5, 5.41) is 3.34. The maximum Gasteiger partial charge on any atom is 0.265 e. The highest BCUT2D eigenvalue weighted by Gasteiger charge is 2.16. The first-order valence-electron chi connectivity index (χ1n) is 7.69. The monoisotopic (exact) mass is 362 g/mol. The van der Waals surface area contributed by atoms with Crippen molar-refractivity contribution in [1.82, 2.24) is 0 Å². The molecule has 0 aliphatic heterocycles. The minimum absolute atomic E-state index is 0.0956. The van der Waals surface area contributed by atoms with Gasteiger partial charge < -0.3 is 20.5 Å². The number of benzene rings is 2. The lowest BCUT2D eigenvalue weighted by Gasteiger charge is -2.16. The Balaban J connectivity index is 1.97. The molecule has 0 bridgehead atoms. The molecule has 0 aliphatic rings. The molecule has 2 aromatic carbocycles. The van der Waals surface area contributed by atoms with E-state index in [2.05, 4.69) is 5.32 Å². The van der Waals surface area contributed by atoms with Gasteiger partial charge in [0.15, 0.2) is 6.10 Å². The normalized spacial score (nSPS) is 11.4. The van der Waals surface area contributed by atoms with Crippen molar-refractivity contribution in [2.45, 2.75) is 19.4 Å². The Kier molecular flexibility index (Phi) is 6.65. The van der Waals surface area contributed by atoms with Gasteiger partial charge >= 0.3 is 0 Å². The SMILES string of the molecule is CC(Oc1ccc(Cl)cc1)C(=O)Nc1ccccc1OCCC(N)=O. The van der Waals surface area contributed by atoms with E-state index >= 15 is 0 Å². The highest BCUT2D eigenvalue weighted by atomic mass is 35.5. The van der Waals surface area contributed by atoms with Crippen molar-refractivity contribution in [1.29, 1.82) is 0 Å². The fourth-order valence-corrected chi connectivity index (χ4v) is 2.09. The third kappa shape index (κ3) is 6.00. The Morgan fingerprint density at radius 1 is 1.16 bits per heavy atom. The fraction of sp³-hybridized carbons (Fsp3) is 0.222. The predicted molar refractivity (Wildman–Crippen MR) is 95.9 cm³/mol. The number of primary amides is 1. The maximum absolute atomic E-state index is 12.3. The number of carbonyl (C=O) groups excluding carboxylic acids is 2. The van der Waals surface area contributed by atoms with Crippen LogP contribution in [-0.4, -0.2) is 24.5 Å². The van der Waals surface area contributed by atoms with E-state index < -0.39 is 12.0 Å². The van der Waals surface area contributed by atoms with Crippen molar-refractivity contribution in [3.05, 3.63) is 53.6 Å². The summed E-state index contributed by atoms with van der Waals surface area (Å²) in [6, 6.07) is 13.7. The summed E-state index contributed by atoms with van der Waals surface area (Å²) < 4.78 is 11.1. The Morgan fingerprint density at radius 2 is 1.84 bits per heavy atom. The third-order valence-corrected chi connectivity index (χ3v) is 3.50. The van der Waals surface area contributed by atoms with Crippen LogP contribution in [0.25, 0.3) is 0 Å². The average molecular weight is 363 g/mol. The summed E-state index contributed by atoms with van der Waals surface area (Å²) in [4.78, 5) is 23.1. The summed E-state index contributed by atoms with van der Waals surface area (Å²) in [6.45, 7) is 1.78. The van der Waals surface area contributed by atoms with Crippen LogP contribution in [0.3, 0.4) is 0 Å². The van der Waals surface area contributed by atoms with E-state index in [4.69, 9.17) is 26.8 Å². The average Bonchev–Trinajstić information content (AvgIpc) is 2.58. The molecular formula is C18H19ClN2O4. The summed E-state index contributed by atoms with van der Waals surface area (Å²) >= 11 is 5.82. The van der Waals surface area contributed by atoms with E-state index in [0.717, 1.165) is 0 Å². The first-order chi connectivity index (χ1) is 12.0. The van der Waals surface area contributed by atoms with Crippen molar-refractivity contribution < 1.29 is 19.1 Å². The van der Waals surface area contributed by atoms with Gasteiger partial charge in [0, 0.05) is 5.02 Å². The molecule has 1 atom stereocenters. The highest BCUT2D eigenvalue weighted by molar-refractivity contribution is 6.30. The molecule has 3 N–H and O–H groups in total. The van der Waals surface area contributed by atoms with Gasteiger partial charge in [-0.1, -0.05) is 23.7 Å². The molecule has 0 radical (unpaired) electrons. The standard InChI is InChI=1S/C18H19ClN2O4/c1-12(25-14-8-6-13(19)7-9-14)18(23)21-15-4-2-3-5-16(15)24-11-10-17(20)22/h2-9,12H,10-11H2,1H3,(H2,20,22)(H,21,23). The smallest absolute Gasteiger partial charge is 0.265 e. The topological polar surface area (TPSA) is 90.7 Å². The zero-order chi connectivity index (χ0) is 18.2. The lowest BCUT2D eigenvalue weighted by atomic mass is 10.2. The number of nitrogens with two attached hydrogens (primary N) is 1. The van der Waals surface area contributed by atoms with Gasteiger partial charge in [0.1, 0.15) is 11.5 Å². The van der Waals surface area contributed by atoms with Gasteiger partial charge in [0.2, 0.25) is 5.91 Å². The number of amides is 2. The summed E-state index contributed by atoms with van der Waals surface area (Å²) in [7, 11) is 0. The Morgan fingerprint density at radius 3 is 2.52 bits per heavy atom. The van der Waals surface area contributed by atoms with E-state index in [-0.39, 0.29) is 18.9 Å². The molecule has 2 aromatic rings. The number of carbonyl (C=O) groups is 2. The summed E-state index contributed by atoms with van der Waals surface area (Å²) in [6.07, 6.45) is -0.627. The van der Waals surface area contributed by atoms with E-state index in [0.29, 0.717) is 22.2 Å². The quantitative estimate of drug-likeness (QED) is 0.755. The lowest BCUT2D eigenvalue weighted by Crippen LogP contribution is -2.30. The van der Waals surface area contributed by atoms with Crippen LogP contribution in [-0.2, 0) is 9.59 Å². The Hall–Kier alpha value is -2.73. The number of hydrogen-bond acceptors (Lipinski definition) is 4. The van der Waals surface area contributed by atoms with Gasteiger partial charge in [-0.05, 0) is 43.3 Å². The maximum atomic E-state index is 12.3. The largest absolute Gasteiger partial charge is 0.491 e. The van der Waals surface area contributed by atoms with Gasteiger partial charge in [-0.3, -0.25) is 9.59 Å². The zero-order valence-electron chi connectivity index (χ0n) is 13.7. The first-order valence-corrected chi connectivity index (χ1v) is 8.06. The number of halogens is 1. The third-order valence-electron chi connectivity index (χ3n) is 3.25. The van der Waals surface area contributed by atoms with Gasteiger partial charge in [-0.25, -0.2) is 0 Å². The molecule has 0 aromatic heterocycles. The van der Waals surface area contributed by atoms with Crippen molar-refractivity contribution in [3.8, 4) is 11.5 Å². The van der Waals surface area contributed by atoms with Gasteiger partial charge in [0.25, 0.3) is 5.91 Å². The van der Waals surface area contributed by atoms with Crippen LogP contribution in [0.4, 0.5) is 5.69 Å². The van der Waals surface area contributed by atoms with Crippen LogP contribution >= 0.6 is 11.6 Å². The molecule has 2 amide bonds. The van der Waals surface area contributed by atoms with Crippen LogP contribution < -0.4 is 20.5 Å². The number of nitrogens with one attached hydrogen (secondary N) is 1. The first kappa shape index (κ1) is 18.6. The number of hydrogen-bond donors (Lipinski definition) is 2. The van der Waals surface area contributed by atoms with Crippen molar-refractivity contribution >= 4 is 29.1 Å². The van der Waals surface area contributed by atoms with Crippen molar-refractivity contribution in [3.63, 3.8) is 0 Å². The number of anilines is 1. The Labute approximate surface area is 150 Å². The van der Waals surface area contributed by atoms with Crippen molar-refractivity contribution in [2.24, 2.45) is 5.73 Å². The minimum Gasteiger partial charge on any atom is -0.491 e. The molecule has 0 saturated heterocycles. The zero-order valence-corrected chi connectivity index (χ0v) is 14.5. The number of para-hydroxylation sites is 2. The van der Waals surface area contributed by atoms with E-state index in [1.807, 2.05) is 0 Å². The second kappa shape index (κ2) is 8.94. The van der Waals surface area contributed by atoms with Crippen molar-refractivity contribution in [2.75, 3.05) is 11.9 Å². The summed E-state index contributed by atoms with van der Waals surface area (Å²) in [5.74, 6) is 0.209. The number of rotatable bonds is 8. The molecule has 25 heavy (non-hydrogen) atoms. The fourth-order valence-electron chi connectivity index (χ4n) is 1.96. The molecule has 0 heterocycles. The molecule has 132 valence electrons. The van der Waals surface area contributed by atoms with E-state index in [9.17, 15) is 9.59 Å². The van der Waals surface area contributed by atoms with Crippen LogP contribution in [0.1, 0.15) is 13.3 Å².